The maximum absolute atomic E-state index is 11.8. The fourth-order valence-electron chi connectivity index (χ4n) is 8.97. The number of hydrogen-bond donors (Lipinski definition) is 2. The van der Waals surface area contributed by atoms with E-state index in [1.165, 1.54) is 5.57 Å². The molecule has 0 aromatic rings. The Bertz CT molecular complexity index is 1220. The second kappa shape index (κ2) is 16.7. The molecule has 0 amide bonds. The first-order chi connectivity index (χ1) is 23.7. The number of rotatable bonds is 11. The maximum atomic E-state index is 11.8. The lowest BCUT2D eigenvalue weighted by molar-refractivity contribution is -0.273. The first-order valence-electron chi connectivity index (χ1n) is 19.1. The highest BCUT2D eigenvalue weighted by atomic mass is 16.7. The molecule has 2 N–H and O–H groups in total. The highest BCUT2D eigenvalue weighted by Gasteiger charge is 2.58. The molecule has 5 aliphatic rings. The Kier molecular flexibility index (Phi) is 13.3. The molecule has 0 saturated carbocycles. The predicted molar refractivity (Wildman–Crippen MR) is 194 cm³/mol. The quantitative estimate of drug-likeness (QED) is 0.176. The molecule has 0 aromatic carbocycles. The molecule has 13 atom stereocenters. The summed E-state index contributed by atoms with van der Waals surface area (Å²) in [4.78, 5) is 0. The van der Waals surface area contributed by atoms with Crippen LogP contribution in [0.5, 0.6) is 0 Å². The fraction of sp³-hybridized carbons (Fsp3) is 0.805. The molecule has 5 fully saturated rings. The average molecular weight is 703 g/mol. The van der Waals surface area contributed by atoms with E-state index in [1.807, 2.05) is 19.1 Å². The SMILES string of the molecule is C=CC=CCCC1OC2CCC3(C)OC4C(O)CC5(C)OC(CCC=C(C)C(C)=CC(OC)OC)C(C)CC5OC4CC3OC2CCC1(C)O. The van der Waals surface area contributed by atoms with Crippen molar-refractivity contribution >= 4 is 0 Å². The van der Waals surface area contributed by atoms with Gasteiger partial charge in [-0.1, -0.05) is 43.4 Å². The number of methoxy groups -OCH3 is 2. The Morgan fingerprint density at radius 3 is 2.28 bits per heavy atom. The van der Waals surface area contributed by atoms with Crippen LogP contribution in [0.3, 0.4) is 0 Å². The van der Waals surface area contributed by atoms with Crippen LogP contribution < -0.4 is 0 Å². The van der Waals surface area contributed by atoms with Gasteiger partial charge in [0, 0.05) is 27.1 Å². The molecule has 0 spiro atoms. The molecular weight excluding hydrogens is 636 g/mol. The van der Waals surface area contributed by atoms with E-state index in [9.17, 15) is 10.2 Å². The summed E-state index contributed by atoms with van der Waals surface area (Å²) in [6.45, 7) is 16.3. The molecule has 284 valence electrons. The molecule has 0 radical (unpaired) electrons. The van der Waals surface area contributed by atoms with Gasteiger partial charge in [-0.2, -0.15) is 0 Å². The third-order valence-electron chi connectivity index (χ3n) is 12.4. The van der Waals surface area contributed by atoms with Crippen LogP contribution in [0.4, 0.5) is 0 Å². The van der Waals surface area contributed by atoms with Gasteiger partial charge < -0.3 is 43.4 Å². The number of aliphatic hydroxyl groups is 2. The zero-order valence-electron chi connectivity index (χ0n) is 32.0. The number of fused-ring (bicyclic) bond motifs is 4. The van der Waals surface area contributed by atoms with E-state index in [0.29, 0.717) is 25.2 Å². The van der Waals surface area contributed by atoms with Crippen molar-refractivity contribution in [2.75, 3.05) is 14.2 Å². The van der Waals surface area contributed by atoms with Gasteiger partial charge in [0.25, 0.3) is 0 Å². The van der Waals surface area contributed by atoms with Crippen molar-refractivity contribution in [2.24, 2.45) is 5.92 Å². The van der Waals surface area contributed by atoms with Gasteiger partial charge in [0.15, 0.2) is 6.29 Å². The molecule has 0 aromatic heterocycles. The lowest BCUT2D eigenvalue weighted by Crippen LogP contribution is -2.59. The Morgan fingerprint density at radius 2 is 1.56 bits per heavy atom. The van der Waals surface area contributed by atoms with Crippen LogP contribution in [0.2, 0.25) is 0 Å². The van der Waals surface area contributed by atoms with Gasteiger partial charge in [-0.15, -0.1) is 0 Å². The highest BCUT2D eigenvalue weighted by Crippen LogP contribution is 2.49. The lowest BCUT2D eigenvalue weighted by atomic mass is 9.79. The van der Waals surface area contributed by atoms with E-state index in [0.717, 1.165) is 56.9 Å². The number of aliphatic hydroxyl groups excluding tert-OH is 1. The molecule has 50 heavy (non-hydrogen) atoms. The summed E-state index contributed by atoms with van der Waals surface area (Å²) in [5.74, 6) is 0.305. The highest BCUT2D eigenvalue weighted by molar-refractivity contribution is 5.27. The Balaban J connectivity index is 1.24. The minimum atomic E-state index is -0.924. The second-order valence-corrected chi connectivity index (χ2v) is 16.4. The van der Waals surface area contributed by atoms with Crippen LogP contribution in [0, 0.1) is 5.92 Å². The third kappa shape index (κ3) is 9.03. The maximum Gasteiger partial charge on any atom is 0.176 e. The van der Waals surface area contributed by atoms with Gasteiger partial charge in [-0.05, 0) is 110 Å². The van der Waals surface area contributed by atoms with Crippen LogP contribution >= 0.6 is 0 Å². The fourth-order valence-corrected chi connectivity index (χ4v) is 8.97. The Hall–Kier alpha value is -1.40. The zero-order chi connectivity index (χ0) is 36.3. The van der Waals surface area contributed by atoms with Crippen molar-refractivity contribution in [1.29, 1.82) is 0 Å². The van der Waals surface area contributed by atoms with Gasteiger partial charge in [-0.25, -0.2) is 0 Å². The molecule has 0 aliphatic carbocycles. The monoisotopic (exact) mass is 702 g/mol. The smallest absolute Gasteiger partial charge is 0.176 e. The molecule has 5 saturated heterocycles. The topological polar surface area (TPSA) is 105 Å². The zero-order valence-corrected chi connectivity index (χ0v) is 32.0. The van der Waals surface area contributed by atoms with E-state index in [2.05, 4.69) is 53.3 Å². The average Bonchev–Trinajstić information content (AvgIpc) is 3.33. The number of allylic oxidation sites excluding steroid dienone is 6. The molecule has 9 heteroatoms. The molecule has 0 bridgehead atoms. The summed E-state index contributed by atoms with van der Waals surface area (Å²) in [5.41, 5.74) is 0.199. The van der Waals surface area contributed by atoms with Crippen LogP contribution in [0.25, 0.3) is 0 Å². The number of ether oxygens (including phenoxy) is 7. The van der Waals surface area contributed by atoms with Gasteiger partial charge in [0.1, 0.15) is 6.10 Å². The van der Waals surface area contributed by atoms with Crippen molar-refractivity contribution in [2.45, 2.75) is 190 Å². The molecule has 5 aliphatic heterocycles. The van der Waals surface area contributed by atoms with E-state index < -0.39 is 29.0 Å². The van der Waals surface area contributed by atoms with Crippen LogP contribution in [-0.2, 0) is 33.2 Å². The van der Waals surface area contributed by atoms with Gasteiger partial charge in [0.2, 0.25) is 0 Å². The van der Waals surface area contributed by atoms with Gasteiger partial charge in [0.05, 0.1) is 65.6 Å². The summed E-state index contributed by atoms with van der Waals surface area (Å²) in [6.07, 6.45) is 15.5. The molecule has 13 unspecified atom stereocenters. The molecule has 5 heterocycles. The molecular formula is C41H66O9. The van der Waals surface area contributed by atoms with Crippen LogP contribution in [0.1, 0.15) is 112 Å². The Morgan fingerprint density at radius 1 is 0.880 bits per heavy atom. The van der Waals surface area contributed by atoms with Crippen LogP contribution in [0.15, 0.2) is 48.1 Å². The summed E-state index contributed by atoms with van der Waals surface area (Å²) in [6, 6.07) is 0. The van der Waals surface area contributed by atoms with E-state index in [1.54, 1.807) is 20.3 Å². The van der Waals surface area contributed by atoms with Crippen molar-refractivity contribution in [1.82, 2.24) is 0 Å². The van der Waals surface area contributed by atoms with Crippen LogP contribution in [-0.4, -0.2) is 102 Å². The van der Waals surface area contributed by atoms with Crippen molar-refractivity contribution in [3.05, 3.63) is 48.1 Å². The van der Waals surface area contributed by atoms with Crippen molar-refractivity contribution in [3.63, 3.8) is 0 Å². The lowest BCUT2D eigenvalue weighted by Gasteiger charge is -2.49. The molecule has 5 rings (SSSR count). The van der Waals surface area contributed by atoms with Gasteiger partial charge >= 0.3 is 0 Å². The third-order valence-corrected chi connectivity index (χ3v) is 12.4. The predicted octanol–water partition coefficient (Wildman–Crippen LogP) is 6.90. The van der Waals surface area contributed by atoms with E-state index in [-0.39, 0.29) is 49.0 Å². The van der Waals surface area contributed by atoms with E-state index in [4.69, 9.17) is 33.2 Å². The Labute approximate surface area is 301 Å². The van der Waals surface area contributed by atoms with Gasteiger partial charge in [-0.3, -0.25) is 0 Å². The largest absolute Gasteiger partial charge is 0.390 e. The standard InChI is InChI=1S/C41H66O9/c1-10-11-12-13-17-34-39(5,43)20-18-31-32(46-34)19-21-40(6)36(47-31)24-33-38(50-40)29(42)25-41(7)35(48-33)22-28(4)30(49-41)16-14-15-26(2)27(3)23-37(44-8)45-9/h10-12,15,23,28-38,42-43H,1,13-14,16-22,24-25H2,2-9H3. The summed E-state index contributed by atoms with van der Waals surface area (Å²) in [5, 5.41) is 23.1. The summed E-state index contributed by atoms with van der Waals surface area (Å²) >= 11 is 0. The van der Waals surface area contributed by atoms with E-state index >= 15 is 0 Å². The summed E-state index contributed by atoms with van der Waals surface area (Å²) < 4.78 is 45.0. The second-order valence-electron chi connectivity index (χ2n) is 16.4. The minimum Gasteiger partial charge on any atom is -0.390 e. The first-order valence-corrected chi connectivity index (χ1v) is 19.1. The summed E-state index contributed by atoms with van der Waals surface area (Å²) in [7, 11) is 3.28. The normalized spacial score (nSPS) is 44.4. The molecule has 9 nitrogen and oxygen atoms in total. The first kappa shape index (κ1) is 39.8. The number of hydrogen-bond acceptors (Lipinski definition) is 9. The van der Waals surface area contributed by atoms with Crippen molar-refractivity contribution < 1.29 is 43.4 Å². The van der Waals surface area contributed by atoms with Crippen molar-refractivity contribution in [3.8, 4) is 0 Å². The minimum absolute atomic E-state index is 0.0605.